The highest BCUT2D eigenvalue weighted by molar-refractivity contribution is 7.80. The number of anilines is 3. The molecule has 0 saturated heterocycles. The van der Waals surface area contributed by atoms with Crippen LogP contribution in [0.1, 0.15) is 6.92 Å². The highest BCUT2D eigenvalue weighted by Gasteiger charge is 2.06. The summed E-state index contributed by atoms with van der Waals surface area (Å²) in [5.74, 6) is 1.15. The van der Waals surface area contributed by atoms with Crippen LogP contribution in [0.25, 0.3) is 0 Å². The van der Waals surface area contributed by atoms with Gasteiger partial charge in [-0.2, -0.15) is 0 Å². The molecule has 0 saturated carbocycles. The maximum absolute atomic E-state index is 11.0. The van der Waals surface area contributed by atoms with Crippen molar-refractivity contribution in [2.45, 2.75) is 6.92 Å². The van der Waals surface area contributed by atoms with Crippen LogP contribution in [-0.2, 0) is 4.79 Å². The molecule has 0 aliphatic heterocycles. The third-order valence-corrected chi connectivity index (χ3v) is 3.31. The Labute approximate surface area is 146 Å². The summed E-state index contributed by atoms with van der Waals surface area (Å²) in [6, 6.07) is 12.7. The molecule has 2 aromatic carbocycles. The van der Waals surface area contributed by atoms with Crippen molar-refractivity contribution in [2.75, 3.05) is 30.2 Å². The zero-order valence-electron chi connectivity index (χ0n) is 13.7. The van der Waals surface area contributed by atoms with Crippen LogP contribution in [0, 0.1) is 0 Å². The van der Waals surface area contributed by atoms with E-state index < -0.39 is 0 Å². The van der Waals surface area contributed by atoms with Gasteiger partial charge < -0.3 is 25.4 Å². The quantitative estimate of drug-likeness (QED) is 0.721. The number of thiocarbonyl (C=S) groups is 1. The van der Waals surface area contributed by atoms with E-state index >= 15 is 0 Å². The number of rotatable bonds is 5. The Balaban J connectivity index is 1.99. The smallest absolute Gasteiger partial charge is 0.221 e. The molecule has 1 amide bonds. The van der Waals surface area contributed by atoms with Crippen LogP contribution in [0.2, 0.25) is 0 Å². The molecular formula is C17H19N3O3S. The zero-order chi connectivity index (χ0) is 17.5. The van der Waals surface area contributed by atoms with Crippen molar-refractivity contribution in [3.05, 3.63) is 42.5 Å². The number of amides is 1. The molecule has 0 radical (unpaired) electrons. The van der Waals surface area contributed by atoms with Crippen molar-refractivity contribution in [3.63, 3.8) is 0 Å². The van der Waals surface area contributed by atoms with Gasteiger partial charge in [0, 0.05) is 30.1 Å². The number of nitrogens with one attached hydrogen (secondary N) is 3. The van der Waals surface area contributed by atoms with E-state index in [0.29, 0.717) is 16.6 Å². The number of hydrogen-bond acceptors (Lipinski definition) is 4. The van der Waals surface area contributed by atoms with Gasteiger partial charge in [-0.25, -0.2) is 0 Å². The Morgan fingerprint density at radius 2 is 1.33 bits per heavy atom. The van der Waals surface area contributed by atoms with E-state index in [0.717, 1.165) is 17.1 Å². The third kappa shape index (κ3) is 4.85. The minimum Gasteiger partial charge on any atom is -0.493 e. The maximum Gasteiger partial charge on any atom is 0.221 e. The number of methoxy groups -OCH3 is 2. The average Bonchev–Trinajstić information content (AvgIpc) is 2.56. The number of hydrogen-bond donors (Lipinski definition) is 3. The van der Waals surface area contributed by atoms with Crippen LogP contribution in [-0.4, -0.2) is 25.2 Å². The zero-order valence-corrected chi connectivity index (χ0v) is 14.5. The van der Waals surface area contributed by atoms with Crippen molar-refractivity contribution >= 4 is 40.3 Å². The van der Waals surface area contributed by atoms with Gasteiger partial charge in [0.2, 0.25) is 5.91 Å². The van der Waals surface area contributed by atoms with E-state index in [1.165, 1.54) is 6.92 Å². The number of carbonyl (C=O) groups is 1. The predicted octanol–water partition coefficient (Wildman–Crippen LogP) is 3.47. The second kappa shape index (κ2) is 8.16. The Kier molecular flexibility index (Phi) is 5.97. The Morgan fingerprint density at radius 1 is 0.833 bits per heavy atom. The normalized spacial score (nSPS) is 9.79. The molecule has 0 fully saturated rings. The first-order valence-electron chi connectivity index (χ1n) is 7.19. The van der Waals surface area contributed by atoms with Crippen molar-refractivity contribution in [2.24, 2.45) is 0 Å². The summed E-state index contributed by atoms with van der Waals surface area (Å²) < 4.78 is 10.5. The van der Waals surface area contributed by atoms with Gasteiger partial charge in [-0.1, -0.05) is 0 Å². The van der Waals surface area contributed by atoms with Crippen LogP contribution in [0.3, 0.4) is 0 Å². The lowest BCUT2D eigenvalue weighted by Crippen LogP contribution is -2.19. The fourth-order valence-electron chi connectivity index (χ4n) is 2.05. The molecule has 24 heavy (non-hydrogen) atoms. The summed E-state index contributed by atoms with van der Waals surface area (Å²) >= 11 is 5.30. The topological polar surface area (TPSA) is 71.6 Å². The highest BCUT2D eigenvalue weighted by Crippen LogP contribution is 2.29. The first-order chi connectivity index (χ1) is 11.5. The lowest BCUT2D eigenvalue weighted by atomic mass is 10.2. The third-order valence-electron chi connectivity index (χ3n) is 3.10. The Bertz CT molecular complexity index is 732. The minimum atomic E-state index is -0.110. The van der Waals surface area contributed by atoms with Gasteiger partial charge >= 0.3 is 0 Å². The molecule has 0 aromatic heterocycles. The second-order valence-electron chi connectivity index (χ2n) is 4.91. The first-order valence-corrected chi connectivity index (χ1v) is 7.60. The first kappa shape index (κ1) is 17.6. The number of benzene rings is 2. The van der Waals surface area contributed by atoms with Gasteiger partial charge in [-0.05, 0) is 48.6 Å². The minimum absolute atomic E-state index is 0.110. The average molecular weight is 345 g/mol. The van der Waals surface area contributed by atoms with E-state index in [1.54, 1.807) is 38.5 Å². The molecule has 0 atom stereocenters. The molecule has 0 aliphatic carbocycles. The molecule has 0 aliphatic rings. The van der Waals surface area contributed by atoms with E-state index in [1.807, 2.05) is 18.2 Å². The highest BCUT2D eigenvalue weighted by atomic mass is 32.1. The van der Waals surface area contributed by atoms with Crippen molar-refractivity contribution < 1.29 is 14.3 Å². The van der Waals surface area contributed by atoms with Crippen molar-refractivity contribution in [1.29, 1.82) is 0 Å². The van der Waals surface area contributed by atoms with Crippen LogP contribution in [0.15, 0.2) is 42.5 Å². The summed E-state index contributed by atoms with van der Waals surface area (Å²) in [5.41, 5.74) is 2.31. The van der Waals surface area contributed by atoms with Gasteiger partial charge in [0.15, 0.2) is 16.6 Å². The second-order valence-corrected chi connectivity index (χ2v) is 5.32. The molecule has 7 heteroatoms. The van der Waals surface area contributed by atoms with Gasteiger partial charge in [-0.15, -0.1) is 0 Å². The molecular weight excluding hydrogens is 326 g/mol. The van der Waals surface area contributed by atoms with Crippen LogP contribution < -0.4 is 25.4 Å². The van der Waals surface area contributed by atoms with E-state index in [9.17, 15) is 4.79 Å². The Hall–Kier alpha value is -2.80. The van der Waals surface area contributed by atoms with E-state index in [4.69, 9.17) is 21.7 Å². The van der Waals surface area contributed by atoms with Gasteiger partial charge in [0.1, 0.15) is 0 Å². The molecule has 6 nitrogen and oxygen atoms in total. The summed E-state index contributed by atoms with van der Waals surface area (Å²) in [6.07, 6.45) is 0. The molecule has 0 spiro atoms. The lowest BCUT2D eigenvalue weighted by molar-refractivity contribution is -0.114. The van der Waals surface area contributed by atoms with Crippen molar-refractivity contribution in [1.82, 2.24) is 0 Å². The fraction of sp³-hybridized carbons (Fsp3) is 0.176. The molecule has 0 unspecified atom stereocenters. The van der Waals surface area contributed by atoms with E-state index in [2.05, 4.69) is 16.0 Å². The molecule has 0 bridgehead atoms. The molecule has 2 aromatic rings. The fourth-order valence-corrected chi connectivity index (χ4v) is 2.28. The monoisotopic (exact) mass is 345 g/mol. The number of ether oxygens (including phenoxy) is 2. The van der Waals surface area contributed by atoms with Gasteiger partial charge in [-0.3, -0.25) is 4.79 Å². The summed E-state index contributed by atoms with van der Waals surface area (Å²) in [6.45, 7) is 1.47. The predicted molar refractivity (Wildman–Crippen MR) is 100 cm³/mol. The standard InChI is InChI=1S/C17H19N3O3S/c1-11(21)18-12-4-6-13(7-5-12)19-17(24)20-14-8-9-15(22-2)16(10-14)23-3/h4-10H,1-3H3,(H,18,21)(H2,19,20,24). The van der Waals surface area contributed by atoms with Gasteiger partial charge in [0.25, 0.3) is 0 Å². The molecule has 0 heterocycles. The summed E-state index contributed by atoms with van der Waals surface area (Å²) in [7, 11) is 3.16. The van der Waals surface area contributed by atoms with Crippen LogP contribution in [0.4, 0.5) is 17.1 Å². The number of carbonyl (C=O) groups excluding carboxylic acids is 1. The lowest BCUT2D eigenvalue weighted by Gasteiger charge is -2.13. The van der Waals surface area contributed by atoms with Crippen molar-refractivity contribution in [3.8, 4) is 11.5 Å². The van der Waals surface area contributed by atoms with E-state index in [-0.39, 0.29) is 5.91 Å². The maximum atomic E-state index is 11.0. The largest absolute Gasteiger partial charge is 0.493 e. The summed E-state index contributed by atoms with van der Waals surface area (Å²) in [5, 5.41) is 9.30. The SMILES string of the molecule is COc1ccc(NC(=S)Nc2ccc(NC(C)=O)cc2)cc1OC. The van der Waals surface area contributed by atoms with Crippen LogP contribution >= 0.6 is 12.2 Å². The summed E-state index contributed by atoms with van der Waals surface area (Å²) in [4.78, 5) is 11.0. The molecule has 3 N–H and O–H groups in total. The van der Waals surface area contributed by atoms with Crippen LogP contribution in [0.5, 0.6) is 11.5 Å². The molecule has 2 rings (SSSR count). The van der Waals surface area contributed by atoms with Gasteiger partial charge in [0.05, 0.1) is 14.2 Å². The Morgan fingerprint density at radius 3 is 1.88 bits per heavy atom. The molecule has 126 valence electrons.